The summed E-state index contributed by atoms with van der Waals surface area (Å²) < 4.78 is 44.9. The molecule has 21 heavy (non-hydrogen) atoms. The number of amides is 1. The van der Waals surface area contributed by atoms with E-state index in [9.17, 15) is 18.0 Å². The number of halogens is 3. The molecular weight excluding hydrogens is 289 g/mol. The van der Waals surface area contributed by atoms with Crippen LogP contribution in [0.1, 0.15) is 17.3 Å². The van der Waals surface area contributed by atoms with Crippen molar-refractivity contribution in [3.8, 4) is 5.75 Å². The number of carbonyl (C=O) groups is 1. The monoisotopic (exact) mass is 306 g/mol. The number of rotatable bonds is 6. The minimum Gasteiger partial charge on any atom is -0.404 e. The fourth-order valence-corrected chi connectivity index (χ4v) is 1.62. The number of alkyl halides is 3. The van der Waals surface area contributed by atoms with E-state index < -0.39 is 18.0 Å². The van der Waals surface area contributed by atoms with E-state index in [4.69, 9.17) is 10.5 Å². The molecule has 1 unspecified atom stereocenters. The Bertz CT molecular complexity index is 492. The van der Waals surface area contributed by atoms with E-state index in [0.29, 0.717) is 13.2 Å². The first kappa shape index (κ1) is 17.1. The van der Waals surface area contributed by atoms with Crippen molar-refractivity contribution in [2.24, 2.45) is 5.92 Å². The van der Waals surface area contributed by atoms with E-state index in [1.165, 1.54) is 6.07 Å². The summed E-state index contributed by atoms with van der Waals surface area (Å²) in [6, 6.07) is 3.36. The SMILES string of the molecule is COCC(C)CNC(=O)c1ccc(OC(F)(F)F)c(N)c1. The molecule has 118 valence electrons. The number of hydrogen-bond donors (Lipinski definition) is 2. The normalized spacial score (nSPS) is 12.8. The second kappa shape index (κ2) is 7.16. The van der Waals surface area contributed by atoms with Crippen molar-refractivity contribution in [1.82, 2.24) is 5.32 Å². The average molecular weight is 306 g/mol. The highest BCUT2D eigenvalue weighted by Crippen LogP contribution is 2.28. The summed E-state index contributed by atoms with van der Waals surface area (Å²) in [4.78, 5) is 11.8. The molecule has 0 spiro atoms. The number of benzene rings is 1. The molecule has 0 radical (unpaired) electrons. The molecule has 1 aromatic carbocycles. The second-order valence-electron chi connectivity index (χ2n) is 4.57. The Kier molecular flexibility index (Phi) is 5.83. The molecule has 0 bridgehead atoms. The van der Waals surface area contributed by atoms with Gasteiger partial charge in [-0.05, 0) is 24.1 Å². The van der Waals surface area contributed by atoms with Crippen LogP contribution in [0.15, 0.2) is 18.2 Å². The zero-order valence-electron chi connectivity index (χ0n) is 11.7. The average Bonchev–Trinajstić information content (AvgIpc) is 2.37. The van der Waals surface area contributed by atoms with Crippen molar-refractivity contribution in [1.29, 1.82) is 0 Å². The largest absolute Gasteiger partial charge is 0.573 e. The summed E-state index contributed by atoms with van der Waals surface area (Å²) in [6.45, 7) is 2.76. The molecule has 5 nitrogen and oxygen atoms in total. The topological polar surface area (TPSA) is 73.6 Å². The molecular formula is C13H17F3N2O3. The fourth-order valence-electron chi connectivity index (χ4n) is 1.62. The number of nitrogens with one attached hydrogen (secondary N) is 1. The van der Waals surface area contributed by atoms with E-state index in [-0.39, 0.29) is 17.2 Å². The zero-order valence-corrected chi connectivity index (χ0v) is 11.7. The Balaban J connectivity index is 2.68. The zero-order chi connectivity index (χ0) is 16.0. The maximum Gasteiger partial charge on any atom is 0.573 e. The Hall–Kier alpha value is -1.96. The Morgan fingerprint density at radius 2 is 2.10 bits per heavy atom. The van der Waals surface area contributed by atoms with Crippen LogP contribution in [0.4, 0.5) is 18.9 Å². The molecule has 0 saturated heterocycles. The van der Waals surface area contributed by atoms with Crippen molar-refractivity contribution in [2.75, 3.05) is 26.0 Å². The van der Waals surface area contributed by atoms with Gasteiger partial charge >= 0.3 is 6.36 Å². The molecule has 8 heteroatoms. The molecule has 0 heterocycles. The van der Waals surface area contributed by atoms with Gasteiger partial charge in [0.05, 0.1) is 12.3 Å². The molecule has 0 aromatic heterocycles. The molecule has 1 aromatic rings. The molecule has 1 rings (SSSR count). The molecule has 0 aliphatic carbocycles. The third-order valence-electron chi connectivity index (χ3n) is 2.56. The van der Waals surface area contributed by atoms with Crippen molar-refractivity contribution < 1.29 is 27.4 Å². The highest BCUT2D eigenvalue weighted by atomic mass is 19.4. The van der Waals surface area contributed by atoms with E-state index in [0.717, 1.165) is 12.1 Å². The van der Waals surface area contributed by atoms with E-state index in [2.05, 4.69) is 10.1 Å². The first-order valence-electron chi connectivity index (χ1n) is 6.15. The van der Waals surface area contributed by atoms with Gasteiger partial charge < -0.3 is 20.5 Å². The third-order valence-corrected chi connectivity index (χ3v) is 2.56. The van der Waals surface area contributed by atoms with Crippen molar-refractivity contribution >= 4 is 11.6 Å². The van der Waals surface area contributed by atoms with Crippen LogP contribution < -0.4 is 15.8 Å². The Morgan fingerprint density at radius 1 is 1.43 bits per heavy atom. The predicted molar refractivity (Wildman–Crippen MR) is 70.9 cm³/mol. The van der Waals surface area contributed by atoms with E-state index in [1.54, 1.807) is 7.11 Å². The maximum absolute atomic E-state index is 12.1. The van der Waals surface area contributed by atoms with Crippen molar-refractivity contribution in [3.63, 3.8) is 0 Å². The van der Waals surface area contributed by atoms with Crippen LogP contribution in [0.25, 0.3) is 0 Å². The number of carbonyl (C=O) groups excluding carboxylic acids is 1. The van der Waals surface area contributed by atoms with Gasteiger partial charge in [-0.3, -0.25) is 4.79 Å². The van der Waals surface area contributed by atoms with Crippen LogP contribution in [-0.4, -0.2) is 32.5 Å². The summed E-state index contributed by atoms with van der Waals surface area (Å²) in [5.74, 6) is -0.848. The smallest absolute Gasteiger partial charge is 0.404 e. The number of nitrogens with two attached hydrogens (primary N) is 1. The first-order chi connectivity index (χ1) is 9.73. The summed E-state index contributed by atoms with van der Waals surface area (Å²) in [5.41, 5.74) is 5.34. The van der Waals surface area contributed by atoms with Gasteiger partial charge in [-0.25, -0.2) is 0 Å². The Morgan fingerprint density at radius 3 is 2.62 bits per heavy atom. The van der Waals surface area contributed by atoms with Crippen LogP contribution in [0, 0.1) is 5.92 Å². The molecule has 0 fully saturated rings. The standard InChI is InChI=1S/C13H17F3N2O3/c1-8(7-20-2)6-18-12(19)9-3-4-11(10(17)5-9)21-13(14,15)16/h3-5,8H,6-7,17H2,1-2H3,(H,18,19). The number of anilines is 1. The van der Waals surface area contributed by atoms with Gasteiger partial charge in [0, 0.05) is 19.2 Å². The summed E-state index contributed by atoms with van der Waals surface area (Å²) in [7, 11) is 1.55. The minimum absolute atomic E-state index is 0.115. The van der Waals surface area contributed by atoms with Gasteiger partial charge in [0.1, 0.15) is 0 Å². The highest BCUT2D eigenvalue weighted by molar-refractivity contribution is 5.95. The van der Waals surface area contributed by atoms with Crippen LogP contribution in [0.2, 0.25) is 0 Å². The minimum atomic E-state index is -4.83. The predicted octanol–water partition coefficient (Wildman–Crippen LogP) is 2.18. The third kappa shape index (κ3) is 5.90. The summed E-state index contributed by atoms with van der Waals surface area (Å²) in [6.07, 6.45) is -4.83. The fraction of sp³-hybridized carbons (Fsp3) is 0.462. The molecule has 1 amide bonds. The van der Waals surface area contributed by atoms with Gasteiger partial charge in [0.15, 0.2) is 5.75 Å². The Labute approximate surface area is 120 Å². The lowest BCUT2D eigenvalue weighted by molar-refractivity contribution is -0.274. The quantitative estimate of drug-likeness (QED) is 0.790. The second-order valence-corrected chi connectivity index (χ2v) is 4.57. The molecule has 1 atom stereocenters. The van der Waals surface area contributed by atoms with Crippen molar-refractivity contribution in [2.45, 2.75) is 13.3 Å². The van der Waals surface area contributed by atoms with Gasteiger partial charge in [-0.15, -0.1) is 13.2 Å². The van der Waals surface area contributed by atoms with Crippen molar-refractivity contribution in [3.05, 3.63) is 23.8 Å². The maximum atomic E-state index is 12.1. The molecule has 3 N–H and O–H groups in total. The van der Waals surface area contributed by atoms with Crippen LogP contribution in [0.3, 0.4) is 0 Å². The number of hydrogen-bond acceptors (Lipinski definition) is 4. The number of nitrogen functional groups attached to an aromatic ring is 1. The van der Waals surface area contributed by atoms with Gasteiger partial charge in [-0.2, -0.15) is 0 Å². The molecule has 0 aliphatic heterocycles. The lowest BCUT2D eigenvalue weighted by Crippen LogP contribution is -2.30. The van der Waals surface area contributed by atoms with Gasteiger partial charge in [0.25, 0.3) is 5.91 Å². The van der Waals surface area contributed by atoms with E-state index >= 15 is 0 Å². The summed E-state index contributed by atoms with van der Waals surface area (Å²) >= 11 is 0. The van der Waals surface area contributed by atoms with Crippen LogP contribution in [-0.2, 0) is 4.74 Å². The van der Waals surface area contributed by atoms with E-state index in [1.807, 2.05) is 6.92 Å². The summed E-state index contributed by atoms with van der Waals surface area (Å²) in [5, 5.41) is 2.64. The van der Waals surface area contributed by atoms with Crippen LogP contribution in [0.5, 0.6) is 5.75 Å². The van der Waals surface area contributed by atoms with Gasteiger partial charge in [-0.1, -0.05) is 6.92 Å². The van der Waals surface area contributed by atoms with Gasteiger partial charge in [0.2, 0.25) is 0 Å². The van der Waals surface area contributed by atoms with Crippen LogP contribution >= 0.6 is 0 Å². The lowest BCUT2D eigenvalue weighted by atomic mass is 10.1. The number of ether oxygens (including phenoxy) is 2. The lowest BCUT2D eigenvalue weighted by Gasteiger charge is -2.13. The molecule has 0 aliphatic rings. The first-order valence-corrected chi connectivity index (χ1v) is 6.15. The number of methoxy groups -OCH3 is 1. The molecule has 0 saturated carbocycles. The highest BCUT2D eigenvalue weighted by Gasteiger charge is 2.32.